The smallest absolute Gasteiger partial charge is 0.323 e. The second-order valence-corrected chi connectivity index (χ2v) is 10.0. The van der Waals surface area contributed by atoms with Gasteiger partial charge in [-0.3, -0.25) is 4.79 Å². The molecule has 4 aromatic rings. The highest BCUT2D eigenvalue weighted by atomic mass is 16.5. The molecule has 42 heavy (non-hydrogen) atoms. The minimum absolute atomic E-state index is 0.154. The maximum atomic E-state index is 12.6. The van der Waals surface area contributed by atoms with Crippen molar-refractivity contribution in [3.8, 4) is 22.8 Å². The number of amides is 3. The van der Waals surface area contributed by atoms with E-state index in [-0.39, 0.29) is 5.91 Å². The number of hydrogen-bond acceptors (Lipinski definition) is 8. The van der Waals surface area contributed by atoms with E-state index in [9.17, 15) is 9.59 Å². The molecule has 1 fully saturated rings. The molecule has 0 unspecified atom stereocenters. The Bertz CT molecular complexity index is 1490. The van der Waals surface area contributed by atoms with Crippen LogP contribution in [0.5, 0.6) is 0 Å². The van der Waals surface area contributed by atoms with Gasteiger partial charge in [-0.2, -0.15) is 9.97 Å². The summed E-state index contributed by atoms with van der Waals surface area (Å²) < 4.78 is 5.50. The summed E-state index contributed by atoms with van der Waals surface area (Å²) in [5, 5.41) is 8.50. The number of benzene rings is 3. The van der Waals surface area contributed by atoms with Crippen LogP contribution < -0.4 is 20.9 Å². The van der Waals surface area contributed by atoms with Crippen molar-refractivity contribution in [3.63, 3.8) is 0 Å². The molecule has 1 saturated heterocycles. The average molecular weight is 567 g/mol. The molecule has 3 aromatic carbocycles. The van der Waals surface area contributed by atoms with Crippen LogP contribution in [0.15, 0.2) is 78.9 Å². The first kappa shape index (κ1) is 28.7. The van der Waals surface area contributed by atoms with Gasteiger partial charge >= 0.3 is 6.03 Å². The van der Waals surface area contributed by atoms with E-state index in [4.69, 9.17) is 19.7 Å². The third-order valence-electron chi connectivity index (χ3n) is 6.60. The first-order valence-electron chi connectivity index (χ1n) is 13.8. The SMILES string of the molecule is CN(C)CCNC(=O)c1ccc(NC(=O)Nc2ccc(-c3nc(-c4ccccc4)nc(N4CCOCC4)n3)cc2)cc1. The fraction of sp³-hybridized carbons (Fsp3) is 0.258. The molecule has 0 saturated carbocycles. The van der Waals surface area contributed by atoms with E-state index in [1.54, 1.807) is 36.4 Å². The van der Waals surface area contributed by atoms with E-state index >= 15 is 0 Å². The molecule has 1 aliphatic heterocycles. The molecule has 3 amide bonds. The van der Waals surface area contributed by atoms with Crippen LogP contribution in [0, 0.1) is 0 Å². The maximum Gasteiger partial charge on any atom is 0.323 e. The maximum absolute atomic E-state index is 12.6. The molecule has 0 aliphatic carbocycles. The van der Waals surface area contributed by atoms with Crippen molar-refractivity contribution in [2.24, 2.45) is 0 Å². The summed E-state index contributed by atoms with van der Waals surface area (Å²) in [5.74, 6) is 1.60. The third-order valence-corrected chi connectivity index (χ3v) is 6.60. The van der Waals surface area contributed by atoms with E-state index in [1.165, 1.54) is 0 Å². The molecule has 0 radical (unpaired) electrons. The van der Waals surface area contributed by atoms with Gasteiger partial charge in [-0.15, -0.1) is 0 Å². The highest BCUT2D eigenvalue weighted by molar-refractivity contribution is 6.00. The zero-order valence-electron chi connectivity index (χ0n) is 23.7. The molecule has 11 heteroatoms. The Morgan fingerprint density at radius 3 is 1.95 bits per heavy atom. The summed E-state index contributed by atoms with van der Waals surface area (Å²) in [6.45, 7) is 3.99. The molecular weight excluding hydrogens is 532 g/mol. The van der Waals surface area contributed by atoms with Gasteiger partial charge in [0.15, 0.2) is 11.6 Å². The van der Waals surface area contributed by atoms with Crippen molar-refractivity contribution in [1.29, 1.82) is 0 Å². The standard InChI is InChI=1S/C31H34N8O3/c1-38(2)17-16-32-29(40)24-10-14-26(15-11-24)34-31(41)33-25-12-8-23(9-13-25)28-35-27(22-6-4-3-5-7-22)36-30(37-28)39-18-20-42-21-19-39/h3-15H,16-21H2,1-2H3,(H,32,40)(H2,33,34,41). The predicted octanol–water partition coefficient (Wildman–Crippen LogP) is 3.98. The third kappa shape index (κ3) is 7.65. The molecule has 2 heterocycles. The number of morpholine rings is 1. The molecule has 216 valence electrons. The van der Waals surface area contributed by atoms with Crippen LogP contribution in [0.2, 0.25) is 0 Å². The monoisotopic (exact) mass is 566 g/mol. The minimum atomic E-state index is -0.396. The Balaban J connectivity index is 1.24. The quantitative estimate of drug-likeness (QED) is 0.278. The molecule has 0 bridgehead atoms. The van der Waals surface area contributed by atoms with E-state index in [2.05, 4.69) is 20.9 Å². The first-order valence-corrected chi connectivity index (χ1v) is 13.8. The van der Waals surface area contributed by atoms with Gasteiger partial charge < -0.3 is 30.5 Å². The summed E-state index contributed by atoms with van der Waals surface area (Å²) in [6, 6.07) is 23.5. The van der Waals surface area contributed by atoms with E-state index in [0.29, 0.717) is 67.4 Å². The highest BCUT2D eigenvalue weighted by Gasteiger charge is 2.18. The Morgan fingerprint density at radius 1 is 0.786 bits per heavy atom. The molecule has 0 spiro atoms. The fourth-order valence-corrected chi connectivity index (χ4v) is 4.31. The molecule has 1 aromatic heterocycles. The number of carbonyl (C=O) groups excluding carboxylic acids is 2. The Labute approximate surface area is 245 Å². The summed E-state index contributed by atoms with van der Waals surface area (Å²) >= 11 is 0. The van der Waals surface area contributed by atoms with Crippen LogP contribution >= 0.6 is 0 Å². The number of urea groups is 1. The van der Waals surface area contributed by atoms with Crippen LogP contribution in [-0.2, 0) is 4.74 Å². The lowest BCUT2D eigenvalue weighted by molar-refractivity contribution is 0.0951. The molecule has 5 rings (SSSR count). The highest BCUT2D eigenvalue weighted by Crippen LogP contribution is 2.25. The largest absolute Gasteiger partial charge is 0.378 e. The van der Waals surface area contributed by atoms with Crippen LogP contribution in [0.1, 0.15) is 10.4 Å². The minimum Gasteiger partial charge on any atom is -0.378 e. The van der Waals surface area contributed by atoms with Crippen molar-refractivity contribution in [1.82, 2.24) is 25.2 Å². The van der Waals surface area contributed by atoms with Gasteiger partial charge in [-0.25, -0.2) is 9.78 Å². The number of carbonyl (C=O) groups is 2. The van der Waals surface area contributed by atoms with Crippen molar-refractivity contribution < 1.29 is 14.3 Å². The summed E-state index contributed by atoms with van der Waals surface area (Å²) in [4.78, 5) is 43.3. The van der Waals surface area contributed by atoms with Crippen molar-refractivity contribution >= 4 is 29.3 Å². The summed E-state index contributed by atoms with van der Waals surface area (Å²) in [6.07, 6.45) is 0. The molecule has 3 N–H and O–H groups in total. The number of ether oxygens (including phenoxy) is 1. The number of anilines is 3. The number of likely N-dealkylation sites (N-methyl/N-ethyl adjacent to an activating group) is 1. The lowest BCUT2D eigenvalue weighted by atomic mass is 10.1. The summed E-state index contributed by atoms with van der Waals surface area (Å²) in [5.41, 5.74) is 3.42. The zero-order chi connectivity index (χ0) is 29.3. The zero-order valence-corrected chi connectivity index (χ0v) is 23.7. The number of hydrogen-bond donors (Lipinski definition) is 3. The average Bonchev–Trinajstić information content (AvgIpc) is 3.02. The normalized spacial score (nSPS) is 13.1. The van der Waals surface area contributed by atoms with Gasteiger partial charge in [-0.05, 0) is 62.6 Å². The van der Waals surface area contributed by atoms with E-state index < -0.39 is 6.03 Å². The lowest BCUT2D eigenvalue weighted by Crippen LogP contribution is -2.37. The number of aromatic nitrogens is 3. The Hall–Kier alpha value is -4.87. The first-order chi connectivity index (χ1) is 20.4. The van der Waals surface area contributed by atoms with Crippen molar-refractivity contribution in [2.75, 3.05) is 69.0 Å². The Kier molecular flexibility index (Phi) is 9.32. The second kappa shape index (κ2) is 13.7. The molecule has 1 aliphatic rings. The van der Waals surface area contributed by atoms with Gasteiger partial charge in [0.2, 0.25) is 5.95 Å². The van der Waals surface area contributed by atoms with Gasteiger partial charge in [0.1, 0.15) is 0 Å². The van der Waals surface area contributed by atoms with Gasteiger partial charge in [-0.1, -0.05) is 30.3 Å². The molecule has 11 nitrogen and oxygen atoms in total. The van der Waals surface area contributed by atoms with Gasteiger partial charge in [0.05, 0.1) is 13.2 Å². The van der Waals surface area contributed by atoms with Crippen LogP contribution in [0.3, 0.4) is 0 Å². The fourth-order valence-electron chi connectivity index (χ4n) is 4.31. The van der Waals surface area contributed by atoms with Crippen LogP contribution in [0.25, 0.3) is 22.8 Å². The predicted molar refractivity (Wildman–Crippen MR) is 164 cm³/mol. The number of nitrogens with one attached hydrogen (secondary N) is 3. The van der Waals surface area contributed by atoms with Crippen molar-refractivity contribution in [2.45, 2.75) is 0 Å². The number of nitrogens with zero attached hydrogens (tertiary/aromatic N) is 5. The van der Waals surface area contributed by atoms with Crippen molar-refractivity contribution in [3.05, 3.63) is 84.4 Å². The lowest BCUT2D eigenvalue weighted by Gasteiger charge is -2.27. The van der Waals surface area contributed by atoms with Gasteiger partial charge in [0.25, 0.3) is 5.91 Å². The summed E-state index contributed by atoms with van der Waals surface area (Å²) in [7, 11) is 3.90. The van der Waals surface area contributed by atoms with E-state index in [0.717, 1.165) is 17.7 Å². The van der Waals surface area contributed by atoms with Crippen LogP contribution in [0.4, 0.5) is 22.1 Å². The molecular formula is C31H34N8O3. The second-order valence-electron chi connectivity index (χ2n) is 10.0. The van der Waals surface area contributed by atoms with Gasteiger partial charge in [0, 0.05) is 54.2 Å². The van der Waals surface area contributed by atoms with Crippen LogP contribution in [-0.4, -0.2) is 85.3 Å². The van der Waals surface area contributed by atoms with E-state index in [1.807, 2.05) is 61.5 Å². The Morgan fingerprint density at radius 2 is 1.36 bits per heavy atom. The topological polar surface area (TPSA) is 125 Å². The molecule has 0 atom stereocenters. The number of rotatable bonds is 9.